The number of hydrogen-bond acceptors (Lipinski definition) is 2. The van der Waals surface area contributed by atoms with E-state index in [9.17, 15) is 9.18 Å². The molecule has 0 aliphatic carbocycles. The van der Waals surface area contributed by atoms with Crippen LogP contribution in [0.5, 0.6) is 0 Å². The van der Waals surface area contributed by atoms with Crippen molar-refractivity contribution >= 4 is 31.0 Å². The van der Waals surface area contributed by atoms with Gasteiger partial charge in [0, 0.05) is 5.02 Å². The van der Waals surface area contributed by atoms with Crippen LogP contribution in [0.4, 0.5) is 9.18 Å². The van der Waals surface area contributed by atoms with Crippen molar-refractivity contribution < 1.29 is 13.9 Å². The summed E-state index contributed by atoms with van der Waals surface area (Å²) in [5.74, 6) is -0.611. The van der Waals surface area contributed by atoms with Gasteiger partial charge in [0.1, 0.15) is 19.3 Å². The lowest BCUT2D eigenvalue weighted by molar-refractivity contribution is 0.0508. The second kappa shape index (κ2) is 5.82. The van der Waals surface area contributed by atoms with Gasteiger partial charge in [0.15, 0.2) is 0 Å². The van der Waals surface area contributed by atoms with Crippen LogP contribution in [0.2, 0.25) is 5.02 Å². The number of ether oxygens (including phenoxy) is 1. The van der Waals surface area contributed by atoms with Crippen molar-refractivity contribution in [2.75, 3.05) is 0 Å². The van der Waals surface area contributed by atoms with Crippen LogP contribution >= 0.6 is 11.6 Å². The molecule has 0 aliphatic rings. The molecular weight excluding hydrogens is 267 g/mol. The van der Waals surface area contributed by atoms with E-state index in [0.29, 0.717) is 5.56 Å². The van der Waals surface area contributed by atoms with E-state index in [2.05, 4.69) is 5.32 Å². The standard InChI is InChI=1S/C13H16BClFNO2/c1-7(17-12(18)19-13(2,3)4)8-5-9(15)11(14)10(16)6-8/h5-7H,1-4H3,(H,17,18). The fraction of sp³-hybridized carbons (Fsp3) is 0.462. The van der Waals surface area contributed by atoms with E-state index in [4.69, 9.17) is 24.2 Å². The Labute approximate surface area is 118 Å². The Bertz CT molecular complexity index is 465. The molecule has 0 saturated carbocycles. The highest BCUT2D eigenvalue weighted by atomic mass is 35.5. The van der Waals surface area contributed by atoms with Gasteiger partial charge < -0.3 is 10.1 Å². The van der Waals surface area contributed by atoms with Gasteiger partial charge in [-0.1, -0.05) is 11.6 Å². The molecule has 0 bridgehead atoms. The molecule has 0 saturated heterocycles. The molecule has 19 heavy (non-hydrogen) atoms. The van der Waals surface area contributed by atoms with Gasteiger partial charge in [-0.15, -0.1) is 0 Å². The monoisotopic (exact) mass is 283 g/mol. The van der Waals surface area contributed by atoms with E-state index >= 15 is 0 Å². The van der Waals surface area contributed by atoms with Crippen molar-refractivity contribution in [3.63, 3.8) is 0 Å². The highest BCUT2D eigenvalue weighted by Gasteiger charge is 2.19. The van der Waals surface area contributed by atoms with Crippen LogP contribution in [-0.2, 0) is 4.74 Å². The van der Waals surface area contributed by atoms with Crippen LogP contribution < -0.4 is 10.8 Å². The van der Waals surface area contributed by atoms with Gasteiger partial charge in [0.25, 0.3) is 0 Å². The highest BCUT2D eigenvalue weighted by Crippen LogP contribution is 2.18. The quantitative estimate of drug-likeness (QED) is 0.848. The maximum Gasteiger partial charge on any atom is 0.408 e. The van der Waals surface area contributed by atoms with Gasteiger partial charge in [-0.05, 0) is 50.9 Å². The first kappa shape index (κ1) is 15.8. The maximum absolute atomic E-state index is 13.5. The van der Waals surface area contributed by atoms with Crippen molar-refractivity contribution in [2.45, 2.75) is 39.3 Å². The molecule has 1 amide bonds. The second-order valence-corrected chi connectivity index (χ2v) is 5.67. The number of alkyl carbamates (subject to hydrolysis) is 1. The summed E-state index contributed by atoms with van der Waals surface area (Å²) < 4.78 is 18.6. The summed E-state index contributed by atoms with van der Waals surface area (Å²) in [6.45, 7) is 6.98. The third-order valence-electron chi connectivity index (χ3n) is 2.33. The summed E-state index contributed by atoms with van der Waals surface area (Å²) in [5.41, 5.74) is -0.175. The van der Waals surface area contributed by atoms with Crippen molar-refractivity contribution in [1.29, 1.82) is 0 Å². The Morgan fingerprint density at radius 1 is 1.47 bits per heavy atom. The van der Waals surface area contributed by atoms with E-state index in [1.807, 2.05) is 0 Å². The number of nitrogens with one attached hydrogen (secondary N) is 1. The molecule has 6 heteroatoms. The SMILES string of the molecule is [B]c1c(F)cc(C(C)NC(=O)OC(C)(C)C)cc1Cl. The summed E-state index contributed by atoms with van der Waals surface area (Å²) in [6.07, 6.45) is -0.576. The summed E-state index contributed by atoms with van der Waals surface area (Å²) in [7, 11) is 5.42. The average Bonchev–Trinajstić information content (AvgIpc) is 2.22. The van der Waals surface area contributed by atoms with Crippen LogP contribution in [-0.4, -0.2) is 19.5 Å². The molecule has 1 aromatic carbocycles. The molecule has 102 valence electrons. The van der Waals surface area contributed by atoms with Gasteiger partial charge in [-0.2, -0.15) is 0 Å². The lowest BCUT2D eigenvalue weighted by Gasteiger charge is -2.22. The minimum atomic E-state index is -0.611. The number of carbonyl (C=O) groups excluding carboxylic acids is 1. The molecule has 2 radical (unpaired) electrons. The summed E-state index contributed by atoms with van der Waals surface area (Å²) >= 11 is 5.80. The zero-order valence-electron chi connectivity index (χ0n) is 11.4. The molecule has 1 aromatic rings. The Morgan fingerprint density at radius 3 is 2.53 bits per heavy atom. The van der Waals surface area contributed by atoms with E-state index < -0.39 is 23.6 Å². The Balaban J connectivity index is 2.79. The highest BCUT2D eigenvalue weighted by molar-refractivity contribution is 6.45. The first-order valence-corrected chi connectivity index (χ1v) is 6.22. The van der Waals surface area contributed by atoms with Crippen LogP contribution in [0.25, 0.3) is 0 Å². The predicted octanol–water partition coefficient (Wildman–Crippen LogP) is 2.86. The van der Waals surface area contributed by atoms with E-state index in [-0.39, 0.29) is 10.5 Å². The smallest absolute Gasteiger partial charge is 0.408 e. The number of rotatable bonds is 2. The molecule has 3 nitrogen and oxygen atoms in total. The van der Waals surface area contributed by atoms with Crippen LogP contribution in [0.15, 0.2) is 12.1 Å². The Kier molecular flexibility index (Phi) is 4.85. The fourth-order valence-electron chi connectivity index (χ4n) is 1.42. The summed E-state index contributed by atoms with van der Waals surface area (Å²) in [5, 5.41) is 2.72. The molecule has 0 spiro atoms. The fourth-order valence-corrected chi connectivity index (χ4v) is 1.64. The topological polar surface area (TPSA) is 38.3 Å². The van der Waals surface area contributed by atoms with Gasteiger partial charge in [-0.3, -0.25) is 0 Å². The largest absolute Gasteiger partial charge is 0.444 e. The van der Waals surface area contributed by atoms with Crippen LogP contribution in [0, 0.1) is 5.82 Å². The zero-order valence-corrected chi connectivity index (χ0v) is 12.1. The van der Waals surface area contributed by atoms with E-state index in [0.717, 1.165) is 0 Å². The van der Waals surface area contributed by atoms with Gasteiger partial charge in [0.05, 0.1) is 6.04 Å². The number of benzene rings is 1. The molecule has 1 atom stereocenters. The second-order valence-electron chi connectivity index (χ2n) is 5.27. The third-order valence-corrected chi connectivity index (χ3v) is 2.65. The number of carbonyl (C=O) groups is 1. The molecule has 0 fully saturated rings. The average molecular weight is 284 g/mol. The van der Waals surface area contributed by atoms with Crippen molar-refractivity contribution in [1.82, 2.24) is 5.32 Å². The Hall–Kier alpha value is -1.23. The Morgan fingerprint density at radius 2 is 2.05 bits per heavy atom. The molecule has 1 rings (SSSR count). The summed E-state index contributed by atoms with van der Waals surface area (Å²) in [6, 6.07) is 2.31. The lowest BCUT2D eigenvalue weighted by Crippen LogP contribution is -2.34. The first-order chi connectivity index (χ1) is 8.60. The zero-order chi connectivity index (χ0) is 14.8. The lowest BCUT2D eigenvalue weighted by atomic mass is 9.93. The molecule has 1 N–H and O–H groups in total. The first-order valence-electron chi connectivity index (χ1n) is 5.84. The predicted molar refractivity (Wildman–Crippen MR) is 74.6 cm³/mol. The van der Waals surface area contributed by atoms with E-state index in [1.165, 1.54) is 12.1 Å². The maximum atomic E-state index is 13.5. The number of hydrogen-bond donors (Lipinski definition) is 1. The van der Waals surface area contributed by atoms with Crippen molar-refractivity contribution in [3.8, 4) is 0 Å². The molecule has 1 unspecified atom stereocenters. The minimum Gasteiger partial charge on any atom is -0.444 e. The van der Waals surface area contributed by atoms with Gasteiger partial charge in [0.2, 0.25) is 0 Å². The van der Waals surface area contributed by atoms with Gasteiger partial charge >= 0.3 is 6.09 Å². The van der Waals surface area contributed by atoms with Crippen LogP contribution in [0.3, 0.4) is 0 Å². The normalized spacial score (nSPS) is 12.9. The third kappa shape index (κ3) is 4.75. The van der Waals surface area contributed by atoms with Crippen LogP contribution in [0.1, 0.15) is 39.3 Å². The molecule has 0 heterocycles. The molecular formula is C13H16BClFNO2. The van der Waals surface area contributed by atoms with Crippen molar-refractivity contribution in [3.05, 3.63) is 28.5 Å². The summed E-state index contributed by atoms with van der Waals surface area (Å²) in [4.78, 5) is 11.6. The molecule has 0 aromatic heterocycles. The van der Waals surface area contributed by atoms with E-state index in [1.54, 1.807) is 27.7 Å². The molecule has 0 aliphatic heterocycles. The van der Waals surface area contributed by atoms with Crippen molar-refractivity contribution in [2.24, 2.45) is 0 Å². The number of amides is 1. The minimum absolute atomic E-state index is 0.102. The number of halogens is 2. The van der Waals surface area contributed by atoms with Gasteiger partial charge in [-0.25, -0.2) is 9.18 Å².